The molecule has 1 aliphatic rings. The van der Waals surface area contributed by atoms with Crippen LogP contribution in [0.5, 0.6) is 0 Å². The summed E-state index contributed by atoms with van der Waals surface area (Å²) in [7, 11) is -2.18. The van der Waals surface area contributed by atoms with Crippen LogP contribution in [0, 0.1) is 0 Å². The van der Waals surface area contributed by atoms with Gasteiger partial charge in [-0.2, -0.15) is 9.40 Å². The molecule has 0 aliphatic carbocycles. The molecule has 0 saturated carbocycles. The first kappa shape index (κ1) is 15.5. The Kier molecular flexibility index (Phi) is 4.51. The van der Waals surface area contributed by atoms with Crippen molar-refractivity contribution in [3.63, 3.8) is 0 Å². The highest BCUT2D eigenvalue weighted by molar-refractivity contribution is 7.89. The van der Waals surface area contributed by atoms with Gasteiger partial charge in [-0.05, 0) is 19.8 Å². The standard InChI is InChI=1S/C12H18ClN3O3S/c1-9(17)7-10-5-3-4-6-16(10)20(18,19)12-11(13)8-14-15(12)2/h8,10H,3-7H2,1-2H3. The average molecular weight is 320 g/mol. The second-order valence-electron chi connectivity index (χ2n) is 5.09. The van der Waals surface area contributed by atoms with Gasteiger partial charge in [0.2, 0.25) is 0 Å². The third-order valence-corrected chi connectivity index (χ3v) is 5.95. The number of halogens is 1. The number of aryl methyl sites for hydroxylation is 1. The van der Waals surface area contributed by atoms with Crippen molar-refractivity contribution in [2.75, 3.05) is 6.54 Å². The van der Waals surface area contributed by atoms with E-state index < -0.39 is 10.0 Å². The number of piperidine rings is 1. The summed E-state index contributed by atoms with van der Waals surface area (Å²) >= 11 is 5.95. The van der Waals surface area contributed by atoms with Gasteiger partial charge in [-0.3, -0.25) is 9.48 Å². The van der Waals surface area contributed by atoms with Gasteiger partial charge in [0.05, 0.1) is 11.2 Å². The Morgan fingerprint density at radius 2 is 2.20 bits per heavy atom. The number of carbonyl (C=O) groups is 1. The zero-order valence-electron chi connectivity index (χ0n) is 11.5. The zero-order valence-corrected chi connectivity index (χ0v) is 13.1. The van der Waals surface area contributed by atoms with Crippen LogP contribution in [0.3, 0.4) is 0 Å². The van der Waals surface area contributed by atoms with Crippen molar-refractivity contribution in [3.05, 3.63) is 11.2 Å². The summed E-state index contributed by atoms with van der Waals surface area (Å²) in [5, 5.41) is 3.98. The highest BCUT2D eigenvalue weighted by Gasteiger charge is 2.37. The van der Waals surface area contributed by atoms with Crippen LogP contribution in [-0.4, -0.2) is 40.9 Å². The maximum atomic E-state index is 12.8. The number of ketones is 1. The van der Waals surface area contributed by atoms with Gasteiger partial charge in [0.15, 0.2) is 5.03 Å². The topological polar surface area (TPSA) is 72.3 Å². The lowest BCUT2D eigenvalue weighted by Gasteiger charge is -2.34. The van der Waals surface area contributed by atoms with E-state index >= 15 is 0 Å². The second kappa shape index (κ2) is 5.83. The van der Waals surface area contributed by atoms with Crippen LogP contribution in [0.15, 0.2) is 11.2 Å². The highest BCUT2D eigenvalue weighted by Crippen LogP contribution is 2.30. The number of aromatic nitrogens is 2. The van der Waals surface area contributed by atoms with E-state index in [9.17, 15) is 13.2 Å². The van der Waals surface area contributed by atoms with Gasteiger partial charge in [-0.15, -0.1) is 0 Å². The molecule has 2 rings (SSSR count). The van der Waals surface area contributed by atoms with Gasteiger partial charge in [-0.25, -0.2) is 8.42 Å². The second-order valence-corrected chi connectivity index (χ2v) is 7.31. The van der Waals surface area contributed by atoms with Crippen LogP contribution in [-0.2, 0) is 21.9 Å². The molecule has 1 fully saturated rings. The van der Waals surface area contributed by atoms with Gasteiger partial charge in [0, 0.05) is 26.1 Å². The van der Waals surface area contributed by atoms with E-state index in [0.29, 0.717) is 13.0 Å². The molecule has 0 N–H and O–H groups in total. The summed E-state index contributed by atoms with van der Waals surface area (Å²) in [5.74, 6) is -0.00629. The molecule has 6 nitrogen and oxygen atoms in total. The first-order valence-corrected chi connectivity index (χ1v) is 8.34. The third-order valence-electron chi connectivity index (χ3n) is 3.49. The lowest BCUT2D eigenvalue weighted by molar-refractivity contribution is -0.118. The van der Waals surface area contributed by atoms with Crippen LogP contribution >= 0.6 is 11.6 Å². The van der Waals surface area contributed by atoms with Crippen molar-refractivity contribution < 1.29 is 13.2 Å². The van der Waals surface area contributed by atoms with Gasteiger partial charge in [0.25, 0.3) is 10.0 Å². The Labute approximate surface area is 123 Å². The van der Waals surface area contributed by atoms with E-state index in [0.717, 1.165) is 12.8 Å². The molecule has 1 atom stereocenters. The van der Waals surface area contributed by atoms with Crippen LogP contribution in [0.1, 0.15) is 32.6 Å². The van der Waals surface area contributed by atoms with E-state index in [-0.39, 0.29) is 28.3 Å². The Hall–Kier alpha value is -0.920. The van der Waals surface area contributed by atoms with E-state index in [1.807, 2.05) is 0 Å². The van der Waals surface area contributed by atoms with Crippen molar-refractivity contribution in [3.8, 4) is 0 Å². The smallest absolute Gasteiger partial charge is 0.262 e. The number of sulfonamides is 1. The van der Waals surface area contributed by atoms with E-state index in [4.69, 9.17) is 11.6 Å². The van der Waals surface area contributed by atoms with Gasteiger partial charge in [0.1, 0.15) is 5.78 Å². The molecule has 20 heavy (non-hydrogen) atoms. The minimum Gasteiger partial charge on any atom is -0.300 e. The minimum atomic E-state index is -3.73. The molecule has 112 valence electrons. The summed E-state index contributed by atoms with van der Waals surface area (Å²) in [6, 6.07) is -0.280. The molecule has 0 aromatic carbocycles. The maximum absolute atomic E-state index is 12.8. The number of rotatable bonds is 4. The molecule has 0 amide bonds. The molecular weight excluding hydrogens is 302 g/mol. The number of hydrogen-bond acceptors (Lipinski definition) is 4. The highest BCUT2D eigenvalue weighted by atomic mass is 35.5. The molecule has 0 radical (unpaired) electrons. The Morgan fingerprint density at radius 3 is 2.75 bits per heavy atom. The Bertz CT molecular complexity index is 592. The molecule has 0 spiro atoms. The zero-order chi connectivity index (χ0) is 14.9. The molecule has 1 aromatic rings. The average Bonchev–Trinajstić information content (AvgIpc) is 2.69. The predicted octanol–water partition coefficient (Wildman–Crippen LogP) is 1.60. The number of hydrogen-bond donors (Lipinski definition) is 0. The van der Waals surface area contributed by atoms with Gasteiger partial charge >= 0.3 is 0 Å². The molecule has 1 unspecified atom stereocenters. The van der Waals surface area contributed by atoms with Crippen LogP contribution in [0.4, 0.5) is 0 Å². The molecule has 1 aliphatic heterocycles. The molecule has 8 heteroatoms. The number of Topliss-reactive ketones (excluding diaryl/α,β-unsaturated/α-hetero) is 1. The van der Waals surface area contributed by atoms with Crippen LogP contribution in [0.25, 0.3) is 0 Å². The Morgan fingerprint density at radius 1 is 1.50 bits per heavy atom. The van der Waals surface area contributed by atoms with E-state index in [2.05, 4.69) is 5.10 Å². The van der Waals surface area contributed by atoms with E-state index in [1.165, 1.54) is 22.1 Å². The number of nitrogens with zero attached hydrogens (tertiary/aromatic N) is 3. The normalized spacial score (nSPS) is 21.1. The lowest BCUT2D eigenvalue weighted by Crippen LogP contribution is -2.45. The number of carbonyl (C=O) groups excluding carboxylic acids is 1. The maximum Gasteiger partial charge on any atom is 0.262 e. The molecule has 0 bridgehead atoms. The van der Waals surface area contributed by atoms with Gasteiger partial charge in [-0.1, -0.05) is 18.0 Å². The summed E-state index contributed by atoms with van der Waals surface area (Å²) < 4.78 is 28.2. The fourth-order valence-electron chi connectivity index (χ4n) is 2.63. The lowest BCUT2D eigenvalue weighted by atomic mass is 10.0. The first-order chi connectivity index (χ1) is 9.34. The third kappa shape index (κ3) is 2.89. The van der Waals surface area contributed by atoms with E-state index in [1.54, 1.807) is 7.05 Å². The van der Waals surface area contributed by atoms with Gasteiger partial charge < -0.3 is 0 Å². The fraction of sp³-hybridized carbons (Fsp3) is 0.667. The summed E-state index contributed by atoms with van der Waals surface area (Å²) in [5.41, 5.74) is 0. The van der Waals surface area contributed by atoms with Crippen molar-refractivity contribution in [2.24, 2.45) is 7.05 Å². The first-order valence-electron chi connectivity index (χ1n) is 6.53. The molecule has 1 aromatic heterocycles. The van der Waals surface area contributed by atoms with Crippen molar-refractivity contribution in [1.29, 1.82) is 0 Å². The Balaban J connectivity index is 2.38. The summed E-state index contributed by atoms with van der Waals surface area (Å²) in [6.45, 7) is 1.90. The van der Waals surface area contributed by atoms with Crippen LogP contribution < -0.4 is 0 Å². The SMILES string of the molecule is CC(=O)CC1CCCCN1S(=O)(=O)c1c(Cl)cnn1C. The predicted molar refractivity (Wildman–Crippen MR) is 75.0 cm³/mol. The molecule has 1 saturated heterocycles. The van der Waals surface area contributed by atoms with Crippen LogP contribution in [0.2, 0.25) is 5.02 Å². The summed E-state index contributed by atoms with van der Waals surface area (Å²) in [4.78, 5) is 11.3. The monoisotopic (exact) mass is 319 g/mol. The van der Waals surface area contributed by atoms with Crippen molar-refractivity contribution in [2.45, 2.75) is 43.7 Å². The van der Waals surface area contributed by atoms with Crippen molar-refractivity contribution in [1.82, 2.24) is 14.1 Å². The molecular formula is C12H18ClN3O3S. The fourth-order valence-corrected chi connectivity index (χ4v) is 4.93. The quantitative estimate of drug-likeness (QED) is 0.845. The molecule has 2 heterocycles. The minimum absolute atomic E-state index is 0.00498. The summed E-state index contributed by atoms with van der Waals surface area (Å²) in [6.07, 6.45) is 3.99. The van der Waals surface area contributed by atoms with Crippen molar-refractivity contribution >= 4 is 27.4 Å². The largest absolute Gasteiger partial charge is 0.300 e.